The number of halogens is 1. The molecular weight excluding hydrogens is 333 g/mol. The fraction of sp³-hybridized carbons (Fsp3) is 0.150. The van der Waals surface area contributed by atoms with Crippen LogP contribution in [0.25, 0.3) is 10.9 Å². The third-order valence-electron chi connectivity index (χ3n) is 4.06. The average Bonchev–Trinajstić information content (AvgIpc) is 2.62. The van der Waals surface area contributed by atoms with E-state index in [1.165, 1.54) is 12.1 Å². The second-order valence-corrected chi connectivity index (χ2v) is 5.98. The predicted molar refractivity (Wildman–Crippen MR) is 98.2 cm³/mol. The van der Waals surface area contributed by atoms with Crippen LogP contribution in [-0.2, 0) is 11.2 Å². The molecule has 2 aromatic carbocycles. The molecule has 26 heavy (non-hydrogen) atoms. The molecule has 6 heteroatoms. The highest BCUT2D eigenvalue weighted by Gasteiger charge is 2.10. The van der Waals surface area contributed by atoms with Crippen molar-refractivity contribution in [3.8, 4) is 0 Å². The molecule has 1 heterocycles. The summed E-state index contributed by atoms with van der Waals surface area (Å²) in [6.45, 7) is 0. The van der Waals surface area contributed by atoms with Crippen LogP contribution in [-0.4, -0.2) is 16.8 Å². The molecule has 0 radical (unpaired) electrons. The monoisotopic (exact) mass is 351 g/mol. The highest BCUT2D eigenvalue weighted by Crippen LogP contribution is 2.17. The fourth-order valence-corrected chi connectivity index (χ4v) is 2.80. The van der Waals surface area contributed by atoms with E-state index in [9.17, 15) is 14.0 Å². The Morgan fingerprint density at radius 1 is 1.12 bits per heavy atom. The van der Waals surface area contributed by atoms with E-state index < -0.39 is 11.7 Å². The van der Waals surface area contributed by atoms with E-state index >= 15 is 0 Å². The molecule has 5 nitrogen and oxygen atoms in total. The van der Waals surface area contributed by atoms with Crippen molar-refractivity contribution in [2.75, 3.05) is 5.32 Å². The predicted octanol–water partition coefficient (Wildman–Crippen LogP) is 3.43. The van der Waals surface area contributed by atoms with E-state index in [0.29, 0.717) is 24.1 Å². The van der Waals surface area contributed by atoms with Gasteiger partial charge >= 0.3 is 0 Å². The molecular formula is C20H18FN3O2. The Hall–Kier alpha value is -3.28. The van der Waals surface area contributed by atoms with Crippen molar-refractivity contribution in [1.29, 1.82) is 0 Å². The molecule has 0 fully saturated rings. The van der Waals surface area contributed by atoms with Crippen LogP contribution in [0.2, 0.25) is 0 Å². The topological polar surface area (TPSA) is 85.1 Å². The molecule has 0 aliphatic rings. The second kappa shape index (κ2) is 7.74. The molecule has 0 bridgehead atoms. The lowest BCUT2D eigenvalue weighted by Gasteiger charge is -2.08. The normalized spacial score (nSPS) is 10.7. The molecule has 3 N–H and O–H groups in total. The molecule has 0 unspecified atom stereocenters. The van der Waals surface area contributed by atoms with Crippen LogP contribution in [0.4, 0.5) is 10.1 Å². The van der Waals surface area contributed by atoms with Gasteiger partial charge in [0.25, 0.3) is 0 Å². The van der Waals surface area contributed by atoms with Gasteiger partial charge < -0.3 is 11.1 Å². The summed E-state index contributed by atoms with van der Waals surface area (Å²) in [4.78, 5) is 27.8. The summed E-state index contributed by atoms with van der Waals surface area (Å²) in [5.74, 6) is -1.33. The smallest absolute Gasteiger partial charge is 0.249 e. The number of para-hydroxylation sites is 1. The number of aryl methyl sites for hydroxylation is 1. The quantitative estimate of drug-likeness (QED) is 0.713. The Labute approximate surface area is 150 Å². The summed E-state index contributed by atoms with van der Waals surface area (Å²) in [5, 5.41) is 3.76. The number of hydrogen-bond acceptors (Lipinski definition) is 3. The second-order valence-electron chi connectivity index (χ2n) is 5.98. The van der Waals surface area contributed by atoms with Gasteiger partial charge in [0.15, 0.2) is 0 Å². The van der Waals surface area contributed by atoms with E-state index in [4.69, 9.17) is 5.73 Å². The van der Waals surface area contributed by atoms with Gasteiger partial charge in [-0.25, -0.2) is 4.39 Å². The molecule has 0 aliphatic carbocycles. The van der Waals surface area contributed by atoms with E-state index in [2.05, 4.69) is 10.3 Å². The highest BCUT2D eigenvalue weighted by molar-refractivity contribution is 5.94. The van der Waals surface area contributed by atoms with Gasteiger partial charge in [-0.3, -0.25) is 14.6 Å². The molecule has 3 aromatic rings. The molecule has 2 amide bonds. The van der Waals surface area contributed by atoms with Gasteiger partial charge in [0.05, 0.1) is 17.4 Å². The number of pyridine rings is 1. The lowest BCUT2D eigenvalue weighted by molar-refractivity contribution is -0.116. The van der Waals surface area contributed by atoms with Crippen molar-refractivity contribution in [2.45, 2.75) is 19.3 Å². The number of carbonyl (C=O) groups is 2. The van der Waals surface area contributed by atoms with E-state index in [1.54, 1.807) is 6.20 Å². The number of nitrogens with zero attached hydrogens (tertiary/aromatic N) is 1. The van der Waals surface area contributed by atoms with Gasteiger partial charge in [0.2, 0.25) is 11.8 Å². The van der Waals surface area contributed by atoms with Crippen LogP contribution in [0.3, 0.4) is 0 Å². The Morgan fingerprint density at radius 2 is 1.92 bits per heavy atom. The van der Waals surface area contributed by atoms with Crippen molar-refractivity contribution >= 4 is 28.4 Å². The van der Waals surface area contributed by atoms with Crippen LogP contribution in [0, 0.1) is 5.82 Å². The summed E-state index contributed by atoms with van der Waals surface area (Å²) >= 11 is 0. The third-order valence-corrected chi connectivity index (χ3v) is 4.06. The number of nitrogens with two attached hydrogens (primary N) is 1. The highest BCUT2D eigenvalue weighted by atomic mass is 19.1. The maximum absolute atomic E-state index is 13.2. The maximum atomic E-state index is 13.2. The first kappa shape index (κ1) is 17.5. The third kappa shape index (κ3) is 4.22. The number of hydrogen-bond donors (Lipinski definition) is 2. The summed E-state index contributed by atoms with van der Waals surface area (Å²) in [6.07, 6.45) is 2.86. The SMILES string of the molecule is NC(=O)c1cc(F)ccc1CCCC(=O)Nc1cnc2ccccc2c1. The van der Waals surface area contributed by atoms with Crippen molar-refractivity contribution in [1.82, 2.24) is 4.98 Å². The molecule has 0 atom stereocenters. The minimum Gasteiger partial charge on any atom is -0.366 e. The van der Waals surface area contributed by atoms with Gasteiger partial charge in [-0.15, -0.1) is 0 Å². The zero-order chi connectivity index (χ0) is 18.5. The van der Waals surface area contributed by atoms with Crippen LogP contribution in [0.15, 0.2) is 54.7 Å². The first-order valence-electron chi connectivity index (χ1n) is 8.26. The number of primary amides is 1. The Bertz CT molecular complexity index is 972. The van der Waals surface area contributed by atoms with Crippen molar-refractivity contribution in [2.24, 2.45) is 5.73 Å². The largest absolute Gasteiger partial charge is 0.366 e. The molecule has 0 aliphatic heterocycles. The maximum Gasteiger partial charge on any atom is 0.249 e. The molecule has 1 aromatic heterocycles. The summed E-state index contributed by atoms with van der Waals surface area (Å²) in [6, 6.07) is 13.4. The van der Waals surface area contributed by atoms with Crippen molar-refractivity contribution < 1.29 is 14.0 Å². The zero-order valence-electron chi connectivity index (χ0n) is 14.0. The molecule has 0 saturated heterocycles. The van der Waals surface area contributed by atoms with Gasteiger partial charge in [-0.05, 0) is 42.7 Å². The number of aromatic nitrogens is 1. The summed E-state index contributed by atoms with van der Waals surface area (Å²) in [7, 11) is 0. The van der Waals surface area contributed by atoms with E-state index in [-0.39, 0.29) is 17.9 Å². The first-order valence-corrected chi connectivity index (χ1v) is 8.26. The van der Waals surface area contributed by atoms with E-state index in [0.717, 1.165) is 17.0 Å². The van der Waals surface area contributed by atoms with Gasteiger partial charge in [0.1, 0.15) is 5.82 Å². The molecule has 0 spiro atoms. The van der Waals surface area contributed by atoms with Gasteiger partial charge in [-0.1, -0.05) is 24.3 Å². The number of benzene rings is 2. The molecule has 0 saturated carbocycles. The minimum atomic E-state index is -0.675. The van der Waals surface area contributed by atoms with Crippen molar-refractivity contribution in [3.05, 3.63) is 71.7 Å². The minimum absolute atomic E-state index is 0.148. The van der Waals surface area contributed by atoms with Crippen LogP contribution in [0.1, 0.15) is 28.8 Å². The Balaban J connectivity index is 1.58. The summed E-state index contributed by atoms with van der Waals surface area (Å²) in [5.41, 5.74) is 7.56. The number of fused-ring (bicyclic) bond motifs is 1. The fourth-order valence-electron chi connectivity index (χ4n) is 2.80. The Morgan fingerprint density at radius 3 is 2.73 bits per heavy atom. The van der Waals surface area contributed by atoms with E-state index in [1.807, 2.05) is 30.3 Å². The van der Waals surface area contributed by atoms with Crippen LogP contribution >= 0.6 is 0 Å². The number of nitrogens with one attached hydrogen (secondary N) is 1. The van der Waals surface area contributed by atoms with Crippen LogP contribution in [0.5, 0.6) is 0 Å². The average molecular weight is 351 g/mol. The number of carbonyl (C=O) groups excluding carboxylic acids is 2. The van der Waals surface area contributed by atoms with Gasteiger partial charge in [-0.2, -0.15) is 0 Å². The summed E-state index contributed by atoms with van der Waals surface area (Å²) < 4.78 is 13.2. The number of rotatable bonds is 6. The number of anilines is 1. The molecule has 3 rings (SSSR count). The standard InChI is InChI=1S/C20H18FN3O2/c21-15-9-8-13(17(11-15)20(22)26)5-3-7-19(25)24-16-10-14-4-1-2-6-18(14)23-12-16/h1-2,4,6,8-12H,3,5,7H2,(H2,22,26)(H,24,25). The van der Waals surface area contributed by atoms with Crippen LogP contribution < -0.4 is 11.1 Å². The lowest BCUT2D eigenvalue weighted by atomic mass is 10.0. The molecule has 132 valence electrons. The number of amides is 2. The lowest BCUT2D eigenvalue weighted by Crippen LogP contribution is -2.15. The first-order chi connectivity index (χ1) is 12.5. The zero-order valence-corrected chi connectivity index (χ0v) is 14.0. The van der Waals surface area contributed by atoms with Gasteiger partial charge in [0, 0.05) is 17.4 Å². The van der Waals surface area contributed by atoms with Crippen molar-refractivity contribution in [3.63, 3.8) is 0 Å². The Kier molecular flexibility index (Phi) is 5.22.